The molecule has 1 heterocycles. The average Bonchev–Trinajstić information content (AvgIpc) is 3.67. The Kier molecular flexibility index (Phi) is 10.3. The first-order valence-electron chi connectivity index (χ1n) is 11.5. The summed E-state index contributed by atoms with van der Waals surface area (Å²) in [6.45, 7) is 0. The van der Waals surface area contributed by atoms with Crippen molar-refractivity contribution in [3.05, 3.63) is 59.9 Å². The number of nitrogens with two attached hydrogens (primary N) is 2. The third-order valence-electron chi connectivity index (χ3n) is 5.40. The summed E-state index contributed by atoms with van der Waals surface area (Å²) in [7, 11) is 0. The number of ketones is 2. The van der Waals surface area contributed by atoms with Crippen LogP contribution in [-0.4, -0.2) is 63.3 Å². The highest BCUT2D eigenvalue weighted by atomic mass is 19.4. The topological polar surface area (TPSA) is 207 Å². The van der Waals surface area contributed by atoms with E-state index < -0.39 is 53.3 Å². The number of amides is 2. The van der Waals surface area contributed by atoms with Crippen LogP contribution in [0.15, 0.2) is 53.8 Å². The Morgan fingerprint density at radius 1 is 0.976 bits per heavy atom. The number of carboxylic acids is 1. The number of aliphatic imine (C=N–C) groups is 1. The van der Waals surface area contributed by atoms with Gasteiger partial charge in [-0.1, -0.05) is 12.1 Å². The van der Waals surface area contributed by atoms with E-state index in [0.29, 0.717) is 29.7 Å². The zero-order valence-electron chi connectivity index (χ0n) is 21.1. The minimum Gasteiger partial charge on any atom is -0.481 e. The number of nitrogens with zero attached hydrogens (tertiary/aromatic N) is 2. The second kappa shape index (κ2) is 13.1. The Morgan fingerprint density at radius 3 is 2.02 bits per heavy atom. The molecule has 3 rings (SSSR count). The number of hydrogen-bond donors (Lipinski definition) is 5. The highest BCUT2D eigenvalue weighted by Crippen LogP contribution is 2.37. The zero-order chi connectivity index (χ0) is 31.9. The number of nitrogens with one attached hydrogen (secondary N) is 2. The molecule has 0 spiro atoms. The van der Waals surface area contributed by atoms with Crippen LogP contribution < -0.4 is 22.1 Å². The number of guanidine groups is 1. The molecule has 0 radical (unpaired) electrons. The normalized spacial score (nSPS) is 14.2. The standard InChI is InChI=1S/C20H22N6O4.C4F6O2/c21-19(22)24-14-5-1-3-12(9-14)17(29)26-20(6-7-20)18(30)25-15(10-16(27)28)13-4-2-8-23-11-13;5-3(6,7)1(11)2(12)4(8,9)10/h1-5,8-9,11,15H,6-7,10H2,(H,25,30)(H,26,29)(H,27,28)(H4,21,22,24);. The molecule has 1 aliphatic rings. The number of carboxylic acid groups (broad SMARTS) is 1. The van der Waals surface area contributed by atoms with Crippen molar-refractivity contribution in [2.75, 3.05) is 0 Å². The number of halogens is 6. The zero-order valence-corrected chi connectivity index (χ0v) is 21.1. The molecule has 1 aromatic carbocycles. The number of carbonyl (C=O) groups excluding carboxylic acids is 4. The summed E-state index contributed by atoms with van der Waals surface area (Å²) in [6.07, 6.45) is -7.89. The molecule has 1 saturated carbocycles. The Hall–Kier alpha value is -5.03. The summed E-state index contributed by atoms with van der Waals surface area (Å²) in [5.74, 6) is -8.90. The van der Waals surface area contributed by atoms with Gasteiger partial charge in [-0.05, 0) is 42.7 Å². The van der Waals surface area contributed by atoms with Gasteiger partial charge in [-0.2, -0.15) is 26.3 Å². The molecule has 1 unspecified atom stereocenters. The molecule has 1 aromatic heterocycles. The monoisotopic (exact) mass is 604 g/mol. The Morgan fingerprint density at radius 2 is 1.57 bits per heavy atom. The number of Topliss-reactive ketones (excluding diaryl/α,β-unsaturated/α-hetero) is 2. The molecule has 7 N–H and O–H groups in total. The first-order valence-corrected chi connectivity index (χ1v) is 11.5. The van der Waals surface area contributed by atoms with Crippen LogP contribution in [-0.2, 0) is 19.2 Å². The van der Waals surface area contributed by atoms with E-state index in [-0.39, 0.29) is 12.4 Å². The SMILES string of the molecule is NC(N)=Nc1cccc(C(=O)NC2(C(=O)NC(CC(=O)O)c3cccnc3)CC2)c1.O=C(C(=O)C(F)(F)F)C(F)(F)F. The van der Waals surface area contributed by atoms with E-state index in [0.717, 1.165) is 0 Å². The molecular weight excluding hydrogens is 582 g/mol. The smallest absolute Gasteiger partial charge is 0.458 e. The first-order chi connectivity index (χ1) is 19.4. The average molecular weight is 604 g/mol. The Balaban J connectivity index is 0.000000435. The quantitative estimate of drug-likeness (QED) is 0.122. The van der Waals surface area contributed by atoms with Crippen molar-refractivity contribution in [1.29, 1.82) is 0 Å². The molecule has 18 heteroatoms. The third kappa shape index (κ3) is 9.56. The lowest BCUT2D eigenvalue weighted by Gasteiger charge is -2.22. The molecule has 2 aromatic rings. The van der Waals surface area contributed by atoms with Crippen LogP contribution in [0.5, 0.6) is 0 Å². The lowest BCUT2D eigenvalue weighted by Crippen LogP contribution is -2.50. The van der Waals surface area contributed by atoms with Gasteiger partial charge in [0.15, 0.2) is 5.96 Å². The fourth-order valence-electron chi connectivity index (χ4n) is 3.25. The molecule has 1 atom stereocenters. The number of aliphatic carboxylic acids is 1. The van der Waals surface area contributed by atoms with E-state index >= 15 is 0 Å². The molecule has 0 aliphatic heterocycles. The van der Waals surface area contributed by atoms with E-state index in [2.05, 4.69) is 20.6 Å². The number of pyridine rings is 1. The third-order valence-corrected chi connectivity index (χ3v) is 5.40. The van der Waals surface area contributed by atoms with Crippen LogP contribution in [0.4, 0.5) is 32.0 Å². The van der Waals surface area contributed by atoms with Crippen molar-refractivity contribution in [3.8, 4) is 0 Å². The van der Waals surface area contributed by atoms with Gasteiger partial charge >= 0.3 is 29.9 Å². The van der Waals surface area contributed by atoms with Crippen molar-refractivity contribution in [2.24, 2.45) is 16.5 Å². The highest BCUT2D eigenvalue weighted by Gasteiger charge is 2.54. The van der Waals surface area contributed by atoms with Gasteiger partial charge in [0.2, 0.25) is 5.91 Å². The number of hydrogen-bond acceptors (Lipinski definition) is 7. The van der Waals surface area contributed by atoms with Gasteiger partial charge in [-0.15, -0.1) is 0 Å². The number of benzene rings is 1. The predicted molar refractivity (Wildman–Crippen MR) is 131 cm³/mol. The lowest BCUT2D eigenvalue weighted by atomic mass is 10.0. The van der Waals surface area contributed by atoms with Gasteiger partial charge in [0.1, 0.15) is 5.54 Å². The summed E-state index contributed by atoms with van der Waals surface area (Å²) in [5.41, 5.74) is 10.9. The maximum absolute atomic E-state index is 12.9. The van der Waals surface area contributed by atoms with Crippen LogP contribution in [0.2, 0.25) is 0 Å². The summed E-state index contributed by atoms with van der Waals surface area (Å²) in [5, 5.41) is 14.7. The molecule has 0 bridgehead atoms. The molecule has 1 fully saturated rings. The van der Waals surface area contributed by atoms with Gasteiger partial charge in [-0.3, -0.25) is 29.0 Å². The van der Waals surface area contributed by atoms with Crippen LogP contribution in [0.1, 0.15) is 41.2 Å². The second-order valence-corrected chi connectivity index (χ2v) is 8.69. The number of carbonyl (C=O) groups is 5. The lowest BCUT2D eigenvalue weighted by molar-refractivity contribution is -0.193. The number of aromatic nitrogens is 1. The van der Waals surface area contributed by atoms with Crippen LogP contribution in [0.3, 0.4) is 0 Å². The molecule has 12 nitrogen and oxygen atoms in total. The van der Waals surface area contributed by atoms with Crippen LogP contribution in [0.25, 0.3) is 0 Å². The first kappa shape index (κ1) is 33.2. The summed E-state index contributed by atoms with van der Waals surface area (Å²) in [6, 6.07) is 8.94. The minimum absolute atomic E-state index is 0.134. The fourth-order valence-corrected chi connectivity index (χ4v) is 3.25. The molecule has 2 amide bonds. The summed E-state index contributed by atoms with van der Waals surface area (Å²) >= 11 is 0. The van der Waals surface area contributed by atoms with Crippen molar-refractivity contribution in [3.63, 3.8) is 0 Å². The van der Waals surface area contributed by atoms with Crippen LogP contribution in [0, 0.1) is 0 Å². The van der Waals surface area contributed by atoms with Crippen molar-refractivity contribution in [2.45, 2.75) is 43.2 Å². The van der Waals surface area contributed by atoms with Gasteiger partial charge in [0, 0.05) is 18.0 Å². The Labute approximate surface area is 232 Å². The predicted octanol–water partition coefficient (Wildman–Crippen LogP) is 1.83. The van der Waals surface area contributed by atoms with Gasteiger partial charge in [0.25, 0.3) is 5.91 Å². The van der Waals surface area contributed by atoms with Crippen molar-refractivity contribution < 1.29 is 55.4 Å². The van der Waals surface area contributed by atoms with Gasteiger partial charge in [0.05, 0.1) is 18.2 Å². The van der Waals surface area contributed by atoms with E-state index in [1.54, 1.807) is 36.5 Å². The minimum atomic E-state index is -5.77. The van der Waals surface area contributed by atoms with Crippen molar-refractivity contribution in [1.82, 2.24) is 15.6 Å². The highest BCUT2D eigenvalue weighted by molar-refractivity contribution is 6.41. The molecule has 226 valence electrons. The van der Waals surface area contributed by atoms with Gasteiger partial charge < -0.3 is 27.2 Å². The Bertz CT molecular complexity index is 1350. The van der Waals surface area contributed by atoms with Crippen LogP contribution >= 0.6 is 0 Å². The van der Waals surface area contributed by atoms with E-state index in [1.165, 1.54) is 12.3 Å². The van der Waals surface area contributed by atoms with E-state index in [9.17, 15) is 55.4 Å². The largest absolute Gasteiger partial charge is 0.481 e. The molecular formula is C24H22F6N6O6. The molecule has 0 saturated heterocycles. The fraction of sp³-hybridized carbons (Fsp3) is 0.292. The number of alkyl halides is 6. The molecule has 42 heavy (non-hydrogen) atoms. The van der Waals surface area contributed by atoms with Crippen molar-refractivity contribution >= 4 is 41.0 Å². The maximum Gasteiger partial charge on any atom is 0.458 e. The molecule has 1 aliphatic carbocycles. The van der Waals surface area contributed by atoms with Gasteiger partial charge in [-0.25, -0.2) is 4.99 Å². The summed E-state index contributed by atoms with van der Waals surface area (Å²) in [4.78, 5) is 63.9. The number of rotatable bonds is 9. The summed E-state index contributed by atoms with van der Waals surface area (Å²) < 4.78 is 67.0. The second-order valence-electron chi connectivity index (χ2n) is 8.69. The van der Waals surface area contributed by atoms with E-state index in [1.807, 2.05) is 0 Å². The maximum atomic E-state index is 12.9. The van der Waals surface area contributed by atoms with E-state index in [4.69, 9.17) is 11.5 Å².